The van der Waals surface area contributed by atoms with Gasteiger partial charge in [0.05, 0.1) is 0 Å². The zero-order valence-electron chi connectivity index (χ0n) is 11.3. The van der Waals surface area contributed by atoms with Crippen molar-refractivity contribution in [2.75, 3.05) is 0 Å². The van der Waals surface area contributed by atoms with E-state index in [2.05, 4.69) is 33.3 Å². The number of benzene rings is 1. The summed E-state index contributed by atoms with van der Waals surface area (Å²) in [5, 5.41) is 5.33. The third-order valence-corrected chi connectivity index (χ3v) is 4.21. The summed E-state index contributed by atoms with van der Waals surface area (Å²) in [5.41, 5.74) is 2.15. The average molecular weight is 267 g/mol. The van der Waals surface area contributed by atoms with E-state index in [1.54, 1.807) is 0 Å². The molecule has 0 aliphatic heterocycles. The van der Waals surface area contributed by atoms with E-state index in [4.69, 9.17) is 4.52 Å². The van der Waals surface area contributed by atoms with Crippen LogP contribution < -0.4 is 0 Å². The van der Waals surface area contributed by atoms with E-state index in [9.17, 15) is 0 Å². The molecule has 0 radical (unpaired) electrons. The SMILES string of the molecule is c1cc2cc(-c3noc(C4CCCCC4)n3)ccc2[nH]1. The van der Waals surface area contributed by atoms with Gasteiger partial charge in [0, 0.05) is 28.6 Å². The molecule has 0 amide bonds. The lowest BCUT2D eigenvalue weighted by Crippen LogP contribution is -2.04. The number of nitrogens with zero attached hydrogens (tertiary/aromatic N) is 2. The number of aromatic amines is 1. The van der Waals surface area contributed by atoms with Crippen molar-refractivity contribution in [2.45, 2.75) is 38.0 Å². The second-order valence-corrected chi connectivity index (χ2v) is 5.57. The van der Waals surface area contributed by atoms with Gasteiger partial charge < -0.3 is 9.51 Å². The van der Waals surface area contributed by atoms with Crippen molar-refractivity contribution in [3.8, 4) is 11.4 Å². The maximum Gasteiger partial charge on any atom is 0.230 e. The maximum absolute atomic E-state index is 5.48. The van der Waals surface area contributed by atoms with Crippen molar-refractivity contribution in [1.29, 1.82) is 0 Å². The van der Waals surface area contributed by atoms with Gasteiger partial charge in [-0.1, -0.05) is 24.4 Å². The Morgan fingerprint density at radius 1 is 1.10 bits per heavy atom. The second-order valence-electron chi connectivity index (χ2n) is 5.57. The lowest BCUT2D eigenvalue weighted by Gasteiger charge is -2.17. The molecule has 1 aliphatic carbocycles. The third-order valence-electron chi connectivity index (χ3n) is 4.21. The Bertz CT molecular complexity index is 722. The van der Waals surface area contributed by atoms with Gasteiger partial charge in [0.15, 0.2) is 0 Å². The fraction of sp³-hybridized carbons (Fsp3) is 0.375. The summed E-state index contributed by atoms with van der Waals surface area (Å²) in [6.45, 7) is 0. The highest BCUT2D eigenvalue weighted by Gasteiger charge is 2.21. The zero-order valence-corrected chi connectivity index (χ0v) is 11.3. The van der Waals surface area contributed by atoms with Crippen LogP contribution in [0.3, 0.4) is 0 Å². The Labute approximate surface area is 117 Å². The number of rotatable bonds is 2. The first kappa shape index (κ1) is 11.7. The number of nitrogens with one attached hydrogen (secondary N) is 1. The highest BCUT2D eigenvalue weighted by atomic mass is 16.5. The molecule has 20 heavy (non-hydrogen) atoms. The molecule has 2 heterocycles. The molecule has 0 bridgehead atoms. The highest BCUT2D eigenvalue weighted by Crippen LogP contribution is 2.32. The minimum atomic E-state index is 0.459. The highest BCUT2D eigenvalue weighted by molar-refractivity contribution is 5.83. The van der Waals surface area contributed by atoms with Gasteiger partial charge in [-0.2, -0.15) is 4.98 Å². The van der Waals surface area contributed by atoms with Crippen LogP contribution >= 0.6 is 0 Å². The van der Waals surface area contributed by atoms with Crippen molar-refractivity contribution in [3.05, 3.63) is 36.4 Å². The van der Waals surface area contributed by atoms with E-state index < -0.39 is 0 Å². The quantitative estimate of drug-likeness (QED) is 0.754. The number of fused-ring (bicyclic) bond motifs is 1. The first-order valence-corrected chi connectivity index (χ1v) is 7.31. The first-order chi connectivity index (χ1) is 9.90. The van der Waals surface area contributed by atoms with Crippen LogP contribution in [0.5, 0.6) is 0 Å². The minimum absolute atomic E-state index is 0.459. The van der Waals surface area contributed by atoms with Crippen molar-refractivity contribution in [1.82, 2.24) is 15.1 Å². The lowest BCUT2D eigenvalue weighted by atomic mass is 9.89. The van der Waals surface area contributed by atoms with Crippen LogP contribution in [-0.4, -0.2) is 15.1 Å². The minimum Gasteiger partial charge on any atom is -0.361 e. The van der Waals surface area contributed by atoms with Gasteiger partial charge in [-0.05, 0) is 37.1 Å². The molecular formula is C16H17N3O. The van der Waals surface area contributed by atoms with E-state index in [1.165, 1.54) is 37.5 Å². The fourth-order valence-electron chi connectivity index (χ4n) is 3.06. The average Bonchev–Trinajstić information content (AvgIpc) is 3.16. The van der Waals surface area contributed by atoms with E-state index in [0.717, 1.165) is 17.0 Å². The largest absolute Gasteiger partial charge is 0.361 e. The van der Waals surface area contributed by atoms with Crippen LogP contribution in [0.15, 0.2) is 35.0 Å². The normalized spacial score (nSPS) is 16.8. The predicted molar refractivity (Wildman–Crippen MR) is 77.4 cm³/mol. The monoisotopic (exact) mass is 267 g/mol. The molecule has 2 aromatic heterocycles. The molecule has 0 atom stereocenters. The topological polar surface area (TPSA) is 54.7 Å². The molecule has 1 aliphatic rings. The van der Waals surface area contributed by atoms with Crippen LogP contribution in [0.2, 0.25) is 0 Å². The van der Waals surface area contributed by atoms with Crippen LogP contribution in [0.1, 0.15) is 43.9 Å². The Hall–Kier alpha value is -2.10. The van der Waals surface area contributed by atoms with Gasteiger partial charge in [-0.15, -0.1) is 0 Å². The molecular weight excluding hydrogens is 250 g/mol. The summed E-state index contributed by atoms with van der Waals surface area (Å²) < 4.78 is 5.48. The van der Waals surface area contributed by atoms with E-state index in [1.807, 2.05) is 12.3 Å². The van der Waals surface area contributed by atoms with Gasteiger partial charge >= 0.3 is 0 Å². The van der Waals surface area contributed by atoms with Crippen molar-refractivity contribution in [3.63, 3.8) is 0 Å². The van der Waals surface area contributed by atoms with Crippen molar-refractivity contribution < 1.29 is 4.52 Å². The summed E-state index contributed by atoms with van der Waals surface area (Å²) in [4.78, 5) is 7.80. The van der Waals surface area contributed by atoms with Gasteiger partial charge in [-0.25, -0.2) is 0 Å². The Morgan fingerprint density at radius 2 is 2.00 bits per heavy atom. The lowest BCUT2D eigenvalue weighted by molar-refractivity contribution is 0.314. The summed E-state index contributed by atoms with van der Waals surface area (Å²) >= 11 is 0. The Balaban J connectivity index is 1.66. The first-order valence-electron chi connectivity index (χ1n) is 7.31. The summed E-state index contributed by atoms with van der Waals surface area (Å²) in [6, 6.07) is 8.25. The Kier molecular flexibility index (Phi) is 2.80. The summed E-state index contributed by atoms with van der Waals surface area (Å²) in [7, 11) is 0. The molecule has 1 aromatic carbocycles. The van der Waals surface area contributed by atoms with Gasteiger partial charge in [0.2, 0.25) is 11.7 Å². The van der Waals surface area contributed by atoms with Gasteiger partial charge in [0.25, 0.3) is 0 Å². The summed E-state index contributed by atoms with van der Waals surface area (Å²) in [6.07, 6.45) is 8.19. The van der Waals surface area contributed by atoms with E-state index in [0.29, 0.717) is 11.7 Å². The maximum atomic E-state index is 5.48. The second kappa shape index (κ2) is 4.78. The molecule has 0 spiro atoms. The number of aromatic nitrogens is 3. The molecule has 1 saturated carbocycles. The predicted octanol–water partition coefficient (Wildman–Crippen LogP) is 4.27. The number of H-pyrrole nitrogens is 1. The van der Waals surface area contributed by atoms with E-state index in [-0.39, 0.29) is 0 Å². The van der Waals surface area contributed by atoms with Crippen LogP contribution in [0, 0.1) is 0 Å². The molecule has 4 nitrogen and oxygen atoms in total. The van der Waals surface area contributed by atoms with Gasteiger partial charge in [0.1, 0.15) is 0 Å². The van der Waals surface area contributed by atoms with Crippen LogP contribution in [-0.2, 0) is 0 Å². The van der Waals surface area contributed by atoms with Crippen LogP contribution in [0.25, 0.3) is 22.3 Å². The smallest absolute Gasteiger partial charge is 0.230 e. The molecule has 102 valence electrons. The third kappa shape index (κ3) is 2.01. The van der Waals surface area contributed by atoms with Crippen molar-refractivity contribution >= 4 is 10.9 Å². The van der Waals surface area contributed by atoms with Gasteiger partial charge in [-0.3, -0.25) is 0 Å². The molecule has 4 rings (SSSR count). The number of hydrogen-bond acceptors (Lipinski definition) is 3. The van der Waals surface area contributed by atoms with E-state index >= 15 is 0 Å². The van der Waals surface area contributed by atoms with Crippen LogP contribution in [0.4, 0.5) is 0 Å². The number of hydrogen-bond donors (Lipinski definition) is 1. The molecule has 3 aromatic rings. The summed E-state index contributed by atoms with van der Waals surface area (Å²) in [5.74, 6) is 1.98. The zero-order chi connectivity index (χ0) is 13.4. The molecule has 1 fully saturated rings. The fourth-order valence-corrected chi connectivity index (χ4v) is 3.06. The molecule has 1 N–H and O–H groups in total. The standard InChI is InChI=1S/C16H17N3O/c1-2-4-11(5-3-1)16-18-15(19-20-16)13-6-7-14-12(10-13)8-9-17-14/h6-11,17H,1-5H2. The Morgan fingerprint density at radius 3 is 2.90 bits per heavy atom. The molecule has 4 heteroatoms. The van der Waals surface area contributed by atoms with Crippen molar-refractivity contribution in [2.24, 2.45) is 0 Å². The molecule has 0 saturated heterocycles. The molecule has 0 unspecified atom stereocenters.